The average molecular weight is 319 g/mol. The second-order valence-electron chi connectivity index (χ2n) is 4.80. The highest BCUT2D eigenvalue weighted by Crippen LogP contribution is 2.42. The van der Waals surface area contributed by atoms with Crippen LogP contribution in [0, 0.1) is 11.3 Å². The van der Waals surface area contributed by atoms with Gasteiger partial charge in [0.1, 0.15) is 17.7 Å². The van der Waals surface area contributed by atoms with E-state index in [2.05, 4.69) is 0 Å². The van der Waals surface area contributed by atoms with Crippen LogP contribution in [-0.4, -0.2) is 39.7 Å². The molecule has 0 radical (unpaired) electrons. The summed E-state index contributed by atoms with van der Waals surface area (Å²) in [6, 6.07) is 5.15. The lowest BCUT2D eigenvalue weighted by atomic mass is 10.1. The van der Waals surface area contributed by atoms with E-state index in [1.165, 1.54) is 20.3 Å². The Morgan fingerprint density at radius 3 is 2.87 bits per heavy atom. The first-order chi connectivity index (χ1) is 11.1. The van der Waals surface area contributed by atoms with Gasteiger partial charge in [0.25, 0.3) is 0 Å². The summed E-state index contributed by atoms with van der Waals surface area (Å²) in [4.78, 5) is 12.0. The van der Waals surface area contributed by atoms with Crippen molar-refractivity contribution in [3.05, 3.63) is 23.3 Å². The molecule has 0 saturated carbocycles. The lowest BCUT2D eigenvalue weighted by Gasteiger charge is -2.11. The van der Waals surface area contributed by atoms with Crippen molar-refractivity contribution >= 4 is 12.0 Å². The van der Waals surface area contributed by atoms with E-state index in [0.29, 0.717) is 22.8 Å². The van der Waals surface area contributed by atoms with Crippen molar-refractivity contribution in [2.24, 2.45) is 0 Å². The summed E-state index contributed by atoms with van der Waals surface area (Å²) in [5, 5.41) is 9.18. The van der Waals surface area contributed by atoms with Crippen LogP contribution in [0.25, 0.3) is 6.08 Å². The van der Waals surface area contributed by atoms with E-state index < -0.39 is 12.1 Å². The molecule has 0 fully saturated rings. The number of methoxy groups -OCH3 is 2. The molecule has 0 unspecified atom stereocenters. The molecule has 1 aliphatic heterocycles. The molecule has 1 atom stereocenters. The van der Waals surface area contributed by atoms with Crippen LogP contribution in [0.3, 0.4) is 0 Å². The number of ether oxygens (including phenoxy) is 5. The number of esters is 1. The van der Waals surface area contributed by atoms with Crippen LogP contribution in [0.2, 0.25) is 0 Å². The first kappa shape index (κ1) is 16.6. The van der Waals surface area contributed by atoms with Gasteiger partial charge in [0.05, 0.1) is 13.7 Å². The smallest absolute Gasteiger partial charge is 0.349 e. The van der Waals surface area contributed by atoms with Crippen LogP contribution in [0.15, 0.2) is 17.7 Å². The van der Waals surface area contributed by atoms with Crippen LogP contribution >= 0.6 is 0 Å². The molecule has 0 aromatic heterocycles. The number of carbonyl (C=O) groups is 1. The molecule has 0 saturated heterocycles. The summed E-state index contributed by atoms with van der Waals surface area (Å²) in [5.41, 5.74) is 0.438. The van der Waals surface area contributed by atoms with Gasteiger partial charge in [-0.1, -0.05) is 0 Å². The van der Waals surface area contributed by atoms with Gasteiger partial charge >= 0.3 is 5.97 Å². The van der Waals surface area contributed by atoms with Gasteiger partial charge in [-0.2, -0.15) is 5.26 Å². The summed E-state index contributed by atoms with van der Waals surface area (Å²) >= 11 is 0. The summed E-state index contributed by atoms with van der Waals surface area (Å²) in [5.74, 6) is 0.742. The van der Waals surface area contributed by atoms with Gasteiger partial charge in [0, 0.05) is 7.11 Å². The Balaban J connectivity index is 2.25. The number of rotatable bonds is 6. The van der Waals surface area contributed by atoms with Crippen molar-refractivity contribution in [1.29, 1.82) is 5.26 Å². The molecule has 0 aliphatic carbocycles. The van der Waals surface area contributed by atoms with E-state index in [9.17, 15) is 10.1 Å². The standard InChI is InChI=1S/C16H17NO6/c1-10(8-19-2)23-16(18)12(7-17)4-11-5-13(20-3)15-14(6-11)21-9-22-15/h4-6,10H,8-9H2,1-3H3/b12-4+/t10-/m0/s1. The Bertz CT molecular complexity index is 661. The molecule has 7 nitrogen and oxygen atoms in total. The molecule has 0 N–H and O–H groups in total. The lowest BCUT2D eigenvalue weighted by molar-refractivity contribution is -0.145. The fourth-order valence-corrected chi connectivity index (χ4v) is 2.05. The highest BCUT2D eigenvalue weighted by Gasteiger charge is 2.21. The van der Waals surface area contributed by atoms with E-state index in [-0.39, 0.29) is 19.0 Å². The van der Waals surface area contributed by atoms with Crippen molar-refractivity contribution < 1.29 is 28.5 Å². The minimum absolute atomic E-state index is 0.0978. The second-order valence-corrected chi connectivity index (χ2v) is 4.80. The first-order valence-electron chi connectivity index (χ1n) is 6.88. The molecule has 1 heterocycles. The summed E-state index contributed by atoms with van der Waals surface area (Å²) in [6.45, 7) is 2.03. The molecule has 1 aromatic rings. The minimum Gasteiger partial charge on any atom is -0.493 e. The fraction of sp³-hybridized carbons (Fsp3) is 0.375. The van der Waals surface area contributed by atoms with Crippen molar-refractivity contribution in [2.75, 3.05) is 27.6 Å². The quantitative estimate of drug-likeness (QED) is 0.449. The Morgan fingerprint density at radius 2 is 2.22 bits per heavy atom. The Hall–Kier alpha value is -2.72. The van der Waals surface area contributed by atoms with E-state index in [1.54, 1.807) is 19.1 Å². The highest BCUT2D eigenvalue weighted by molar-refractivity contribution is 5.98. The van der Waals surface area contributed by atoms with Crippen LogP contribution < -0.4 is 14.2 Å². The van der Waals surface area contributed by atoms with E-state index in [1.807, 2.05) is 6.07 Å². The number of hydrogen-bond donors (Lipinski definition) is 0. The number of nitrogens with zero attached hydrogens (tertiary/aromatic N) is 1. The monoisotopic (exact) mass is 319 g/mol. The predicted molar refractivity (Wildman–Crippen MR) is 80.1 cm³/mol. The fourth-order valence-electron chi connectivity index (χ4n) is 2.05. The van der Waals surface area contributed by atoms with Crippen molar-refractivity contribution in [2.45, 2.75) is 13.0 Å². The van der Waals surface area contributed by atoms with Crippen molar-refractivity contribution in [3.63, 3.8) is 0 Å². The van der Waals surface area contributed by atoms with E-state index >= 15 is 0 Å². The largest absolute Gasteiger partial charge is 0.493 e. The van der Waals surface area contributed by atoms with Gasteiger partial charge in [0.2, 0.25) is 12.5 Å². The molecule has 23 heavy (non-hydrogen) atoms. The Morgan fingerprint density at radius 1 is 1.43 bits per heavy atom. The van der Waals surface area contributed by atoms with E-state index in [0.717, 1.165) is 0 Å². The van der Waals surface area contributed by atoms with Gasteiger partial charge in [-0.25, -0.2) is 4.79 Å². The van der Waals surface area contributed by atoms with E-state index in [4.69, 9.17) is 23.7 Å². The zero-order valence-corrected chi connectivity index (χ0v) is 13.1. The first-order valence-corrected chi connectivity index (χ1v) is 6.88. The molecule has 7 heteroatoms. The maximum absolute atomic E-state index is 12.0. The summed E-state index contributed by atoms with van der Waals surface area (Å²) < 4.78 is 25.8. The lowest BCUT2D eigenvalue weighted by Crippen LogP contribution is -2.20. The Kier molecular flexibility index (Phi) is 5.44. The SMILES string of the molecule is COC[C@H](C)OC(=O)/C(C#N)=C/c1cc(OC)c2c(c1)OCO2. The number of hydrogen-bond acceptors (Lipinski definition) is 7. The molecule has 122 valence electrons. The average Bonchev–Trinajstić information content (AvgIpc) is 3.00. The molecule has 0 amide bonds. The highest BCUT2D eigenvalue weighted by atomic mass is 16.7. The van der Waals surface area contributed by atoms with Gasteiger partial charge in [-0.15, -0.1) is 0 Å². The third-order valence-electron chi connectivity index (χ3n) is 3.04. The molecular formula is C16H17NO6. The topological polar surface area (TPSA) is 87.0 Å². The number of benzene rings is 1. The molecule has 1 aliphatic rings. The Labute approximate surface area is 134 Å². The zero-order valence-electron chi connectivity index (χ0n) is 13.1. The maximum atomic E-state index is 12.0. The molecular weight excluding hydrogens is 302 g/mol. The summed E-state index contributed by atoms with van der Waals surface area (Å²) in [7, 11) is 3.00. The third-order valence-corrected chi connectivity index (χ3v) is 3.04. The minimum atomic E-state index is -0.714. The van der Waals surface area contributed by atoms with Crippen molar-refractivity contribution in [3.8, 4) is 23.3 Å². The number of nitriles is 1. The van der Waals surface area contributed by atoms with Gasteiger partial charge in [0.15, 0.2) is 11.5 Å². The maximum Gasteiger partial charge on any atom is 0.349 e. The zero-order chi connectivity index (χ0) is 16.8. The van der Waals surface area contributed by atoms with Crippen LogP contribution in [0.4, 0.5) is 0 Å². The van der Waals surface area contributed by atoms with Gasteiger partial charge in [-0.05, 0) is 30.7 Å². The van der Waals surface area contributed by atoms with Gasteiger partial charge < -0.3 is 23.7 Å². The molecule has 2 rings (SSSR count). The van der Waals surface area contributed by atoms with Crippen LogP contribution in [0.1, 0.15) is 12.5 Å². The number of carbonyl (C=O) groups excluding carboxylic acids is 1. The van der Waals surface area contributed by atoms with Crippen LogP contribution in [-0.2, 0) is 14.3 Å². The third kappa shape index (κ3) is 3.93. The second kappa shape index (κ2) is 7.51. The molecule has 0 spiro atoms. The van der Waals surface area contributed by atoms with Gasteiger partial charge in [-0.3, -0.25) is 0 Å². The number of fused-ring (bicyclic) bond motifs is 1. The molecule has 1 aromatic carbocycles. The normalized spacial score (nSPS) is 14.1. The van der Waals surface area contributed by atoms with Crippen molar-refractivity contribution in [1.82, 2.24) is 0 Å². The van der Waals surface area contributed by atoms with Crippen LogP contribution in [0.5, 0.6) is 17.2 Å². The summed E-state index contributed by atoms with van der Waals surface area (Å²) in [6.07, 6.45) is 0.960. The molecule has 0 bridgehead atoms. The predicted octanol–water partition coefficient (Wildman–Crippen LogP) is 1.91.